The van der Waals surface area contributed by atoms with Crippen LogP contribution in [-0.2, 0) is 9.53 Å². The zero-order valence-electron chi connectivity index (χ0n) is 17.2. The Balaban J connectivity index is 1.59. The quantitative estimate of drug-likeness (QED) is 0.741. The van der Waals surface area contributed by atoms with Gasteiger partial charge in [0.25, 0.3) is 5.91 Å². The van der Waals surface area contributed by atoms with Gasteiger partial charge in [0.05, 0.1) is 30.1 Å². The molecular weight excluding hydrogens is 398 g/mol. The number of rotatable bonds is 3. The van der Waals surface area contributed by atoms with E-state index in [0.29, 0.717) is 10.7 Å². The van der Waals surface area contributed by atoms with Gasteiger partial charge in [0.15, 0.2) is 0 Å². The van der Waals surface area contributed by atoms with Crippen molar-refractivity contribution in [2.75, 3.05) is 37.7 Å². The van der Waals surface area contributed by atoms with Gasteiger partial charge >= 0.3 is 0 Å². The summed E-state index contributed by atoms with van der Waals surface area (Å²) in [6.07, 6.45) is 2.23. The van der Waals surface area contributed by atoms with Crippen LogP contribution in [-0.4, -0.2) is 54.9 Å². The molecule has 2 aromatic rings. The van der Waals surface area contributed by atoms with Crippen LogP contribution in [0.25, 0.3) is 5.57 Å². The molecule has 3 aliphatic rings. The molecule has 0 aliphatic carbocycles. The minimum absolute atomic E-state index is 0.0564. The maximum Gasteiger partial charge on any atom is 0.278 e. The van der Waals surface area contributed by atoms with Crippen LogP contribution in [0, 0.1) is 0 Å². The number of anilines is 1. The number of morpholine rings is 1. The molecular formula is C24H24ClN3O2. The van der Waals surface area contributed by atoms with Crippen molar-refractivity contribution >= 4 is 40.2 Å². The lowest BCUT2D eigenvalue weighted by atomic mass is 9.88. The van der Waals surface area contributed by atoms with Crippen LogP contribution in [0.2, 0.25) is 5.02 Å². The summed E-state index contributed by atoms with van der Waals surface area (Å²) in [5.74, 6) is -0.0564. The molecule has 154 valence electrons. The maximum atomic E-state index is 13.5. The summed E-state index contributed by atoms with van der Waals surface area (Å²) in [7, 11) is 0. The summed E-state index contributed by atoms with van der Waals surface area (Å²) in [6.45, 7) is 8.44. The van der Waals surface area contributed by atoms with Gasteiger partial charge in [0.1, 0.15) is 5.71 Å². The number of aliphatic imine (C=N–C) groups is 1. The van der Waals surface area contributed by atoms with Crippen molar-refractivity contribution in [3.8, 4) is 0 Å². The Morgan fingerprint density at radius 2 is 1.77 bits per heavy atom. The first-order valence-corrected chi connectivity index (χ1v) is 10.7. The Bertz CT molecular complexity index is 1070. The molecule has 6 heteroatoms. The van der Waals surface area contributed by atoms with Crippen molar-refractivity contribution in [1.29, 1.82) is 0 Å². The van der Waals surface area contributed by atoms with Gasteiger partial charge in [-0.1, -0.05) is 35.9 Å². The van der Waals surface area contributed by atoms with Crippen molar-refractivity contribution in [3.63, 3.8) is 0 Å². The molecule has 0 N–H and O–H groups in total. The second kappa shape index (κ2) is 7.34. The maximum absolute atomic E-state index is 13.5. The average molecular weight is 422 g/mol. The van der Waals surface area contributed by atoms with Crippen LogP contribution in [0.15, 0.2) is 53.5 Å². The highest BCUT2D eigenvalue weighted by atomic mass is 35.5. The van der Waals surface area contributed by atoms with Gasteiger partial charge in [-0.25, -0.2) is 4.99 Å². The third kappa shape index (κ3) is 3.27. The highest BCUT2D eigenvalue weighted by Crippen LogP contribution is 2.46. The first kappa shape index (κ1) is 19.5. The number of halogens is 1. The molecule has 3 aliphatic heterocycles. The fourth-order valence-electron chi connectivity index (χ4n) is 4.56. The zero-order chi connectivity index (χ0) is 20.9. The third-order valence-electron chi connectivity index (χ3n) is 5.94. The monoisotopic (exact) mass is 421 g/mol. The largest absolute Gasteiger partial charge is 0.379 e. The summed E-state index contributed by atoms with van der Waals surface area (Å²) in [4.78, 5) is 22.5. The smallest absolute Gasteiger partial charge is 0.278 e. The van der Waals surface area contributed by atoms with E-state index < -0.39 is 5.54 Å². The molecule has 1 fully saturated rings. The second-order valence-electron chi connectivity index (χ2n) is 8.49. The normalized spacial score (nSPS) is 21.7. The van der Waals surface area contributed by atoms with E-state index in [1.54, 1.807) is 12.1 Å². The summed E-state index contributed by atoms with van der Waals surface area (Å²) in [5.41, 5.74) is 5.03. The van der Waals surface area contributed by atoms with Crippen molar-refractivity contribution in [3.05, 3.63) is 64.7 Å². The van der Waals surface area contributed by atoms with E-state index in [4.69, 9.17) is 21.3 Å². The number of amides is 1. The standard InChI is InChI=1S/C24H24ClN3O2/c1-24(2)14-16(15-27-10-12-30-13-11-27)19-4-3-5-20-21(23(29)28(24)22(19)20)26-18-8-6-17(25)7-9-18/h3-9,14H,10-13,15H2,1-2H3. The lowest BCUT2D eigenvalue weighted by Gasteiger charge is -2.40. The minimum Gasteiger partial charge on any atom is -0.379 e. The van der Waals surface area contributed by atoms with Crippen molar-refractivity contribution in [2.24, 2.45) is 4.99 Å². The van der Waals surface area contributed by atoms with E-state index in [2.05, 4.69) is 30.9 Å². The summed E-state index contributed by atoms with van der Waals surface area (Å²) in [6, 6.07) is 13.4. The summed E-state index contributed by atoms with van der Waals surface area (Å²) < 4.78 is 5.50. The van der Waals surface area contributed by atoms with Gasteiger partial charge < -0.3 is 4.74 Å². The van der Waals surface area contributed by atoms with Gasteiger partial charge in [0.2, 0.25) is 0 Å². The molecule has 1 amide bonds. The predicted octanol–water partition coefficient (Wildman–Crippen LogP) is 4.32. The fourth-order valence-corrected chi connectivity index (χ4v) is 4.69. The summed E-state index contributed by atoms with van der Waals surface area (Å²) >= 11 is 6.00. The fraction of sp³-hybridized carbons (Fsp3) is 0.333. The van der Waals surface area contributed by atoms with Crippen molar-refractivity contribution < 1.29 is 9.53 Å². The average Bonchev–Trinajstić information content (AvgIpc) is 3.02. The second-order valence-corrected chi connectivity index (χ2v) is 8.93. The molecule has 0 saturated carbocycles. The highest BCUT2D eigenvalue weighted by Gasteiger charge is 2.45. The Morgan fingerprint density at radius 1 is 1.07 bits per heavy atom. The minimum atomic E-state index is -0.431. The Kier molecular flexibility index (Phi) is 4.77. The van der Waals surface area contributed by atoms with Crippen LogP contribution in [0.3, 0.4) is 0 Å². The number of nitrogens with zero attached hydrogens (tertiary/aromatic N) is 3. The van der Waals surface area contributed by atoms with Gasteiger partial charge in [-0.05, 0) is 43.7 Å². The van der Waals surface area contributed by atoms with E-state index >= 15 is 0 Å². The molecule has 0 atom stereocenters. The zero-order valence-corrected chi connectivity index (χ0v) is 17.9. The van der Waals surface area contributed by atoms with Crippen LogP contribution in [0.4, 0.5) is 11.4 Å². The molecule has 2 aromatic carbocycles. The van der Waals surface area contributed by atoms with Crippen LogP contribution in [0.5, 0.6) is 0 Å². The topological polar surface area (TPSA) is 45.1 Å². The lowest BCUT2D eigenvalue weighted by molar-refractivity contribution is -0.112. The Hall–Kier alpha value is -2.47. The van der Waals surface area contributed by atoms with E-state index in [-0.39, 0.29) is 5.91 Å². The Labute approximate surface area is 181 Å². The SMILES string of the molecule is CC1(C)C=C(CN2CCOCC2)c2cccc3c2N1C(=O)C3=Nc1ccc(Cl)cc1. The number of benzene rings is 2. The molecule has 0 bridgehead atoms. The first-order chi connectivity index (χ1) is 14.4. The number of carbonyl (C=O) groups is 1. The lowest BCUT2D eigenvalue weighted by Crippen LogP contribution is -2.48. The molecule has 3 heterocycles. The van der Waals surface area contributed by atoms with Crippen molar-refractivity contribution in [2.45, 2.75) is 19.4 Å². The van der Waals surface area contributed by atoms with Gasteiger partial charge in [-0.2, -0.15) is 0 Å². The predicted molar refractivity (Wildman–Crippen MR) is 121 cm³/mol. The highest BCUT2D eigenvalue weighted by molar-refractivity contribution is 6.55. The molecule has 0 unspecified atom stereocenters. The molecule has 0 radical (unpaired) electrons. The van der Waals surface area contributed by atoms with Gasteiger partial charge in [0, 0.05) is 35.8 Å². The molecule has 5 rings (SSSR count). The summed E-state index contributed by atoms with van der Waals surface area (Å²) in [5, 5.41) is 0.650. The van der Waals surface area contributed by atoms with Crippen LogP contribution >= 0.6 is 11.6 Å². The number of carbonyl (C=O) groups excluding carboxylic acids is 1. The first-order valence-electron chi connectivity index (χ1n) is 10.3. The number of para-hydroxylation sites is 1. The molecule has 5 nitrogen and oxygen atoms in total. The van der Waals surface area contributed by atoms with Crippen LogP contribution in [0.1, 0.15) is 25.0 Å². The molecule has 0 aromatic heterocycles. The molecule has 1 saturated heterocycles. The molecule has 30 heavy (non-hydrogen) atoms. The third-order valence-corrected chi connectivity index (χ3v) is 6.19. The Morgan fingerprint density at radius 3 is 2.50 bits per heavy atom. The van der Waals surface area contributed by atoms with Crippen molar-refractivity contribution in [1.82, 2.24) is 4.90 Å². The van der Waals surface area contributed by atoms with E-state index in [1.807, 2.05) is 29.2 Å². The van der Waals surface area contributed by atoms with E-state index in [0.717, 1.165) is 55.3 Å². The van der Waals surface area contributed by atoms with Gasteiger partial charge in [-0.15, -0.1) is 0 Å². The number of hydrogen-bond donors (Lipinski definition) is 0. The van der Waals surface area contributed by atoms with E-state index in [9.17, 15) is 4.79 Å². The van der Waals surface area contributed by atoms with Crippen LogP contribution < -0.4 is 4.90 Å². The number of hydrogen-bond acceptors (Lipinski definition) is 4. The number of ether oxygens (including phenoxy) is 1. The van der Waals surface area contributed by atoms with Gasteiger partial charge in [-0.3, -0.25) is 14.6 Å². The molecule has 0 spiro atoms. The van der Waals surface area contributed by atoms with E-state index in [1.165, 1.54) is 5.57 Å².